The maximum Gasteiger partial charge on any atom is 0.264 e. The first-order valence-corrected chi connectivity index (χ1v) is 11.4. The fourth-order valence-electron chi connectivity index (χ4n) is 3.56. The van der Waals surface area contributed by atoms with Crippen molar-refractivity contribution >= 4 is 33.2 Å². The molecular weight excluding hydrogens is 412 g/mol. The zero-order chi connectivity index (χ0) is 21.2. The number of anilines is 1. The summed E-state index contributed by atoms with van der Waals surface area (Å²) in [7, 11) is -3.85. The minimum absolute atomic E-state index is 0.0327. The Balaban J connectivity index is 1.97. The highest BCUT2D eigenvalue weighted by atomic mass is 35.5. The van der Waals surface area contributed by atoms with Crippen molar-refractivity contribution in [2.45, 2.75) is 37.9 Å². The summed E-state index contributed by atoms with van der Waals surface area (Å²) in [5, 5.41) is 0.225. The van der Waals surface area contributed by atoms with E-state index in [9.17, 15) is 13.2 Å². The molecule has 6 nitrogen and oxygen atoms in total. The number of carbonyl (C=O) groups is 1. The number of amides is 1. The molecule has 8 heteroatoms. The fraction of sp³-hybridized carbons (Fsp3) is 0.381. The Hall–Kier alpha value is -2.09. The van der Waals surface area contributed by atoms with E-state index in [0.29, 0.717) is 18.8 Å². The molecule has 1 aliphatic heterocycles. The van der Waals surface area contributed by atoms with Crippen LogP contribution in [0.1, 0.15) is 31.1 Å². The van der Waals surface area contributed by atoms with Crippen LogP contribution in [0.2, 0.25) is 5.02 Å². The third-order valence-electron chi connectivity index (χ3n) is 4.79. The van der Waals surface area contributed by atoms with Gasteiger partial charge in [-0.1, -0.05) is 29.8 Å². The SMILES string of the molecule is CCN(c1ccccc1)S(=O)(=O)c1ccc(Cl)c(C(=O)N2CC(C)OC(C)C2)c1. The topological polar surface area (TPSA) is 66.9 Å². The van der Waals surface area contributed by atoms with E-state index in [2.05, 4.69) is 0 Å². The number of benzene rings is 2. The molecule has 0 aliphatic carbocycles. The molecular formula is C21H25ClN2O4S. The van der Waals surface area contributed by atoms with Crippen LogP contribution in [0.4, 0.5) is 5.69 Å². The van der Waals surface area contributed by atoms with Crippen molar-refractivity contribution in [2.75, 3.05) is 23.9 Å². The van der Waals surface area contributed by atoms with Gasteiger partial charge in [0, 0.05) is 19.6 Å². The number of ether oxygens (including phenoxy) is 1. The van der Waals surface area contributed by atoms with Crippen molar-refractivity contribution in [1.29, 1.82) is 0 Å². The van der Waals surface area contributed by atoms with Crippen molar-refractivity contribution in [1.82, 2.24) is 4.90 Å². The number of hydrogen-bond donors (Lipinski definition) is 0. The van der Waals surface area contributed by atoms with Crippen LogP contribution >= 0.6 is 11.6 Å². The standard InChI is InChI=1S/C21H25ClN2O4S/c1-4-24(17-8-6-5-7-9-17)29(26,27)18-10-11-20(22)19(12-18)21(25)23-13-15(2)28-16(3)14-23/h5-12,15-16H,4,13-14H2,1-3H3. The summed E-state index contributed by atoms with van der Waals surface area (Å²) in [6, 6.07) is 13.1. The summed E-state index contributed by atoms with van der Waals surface area (Å²) in [5.41, 5.74) is 0.742. The predicted octanol–water partition coefficient (Wildman–Crippen LogP) is 3.80. The molecule has 2 atom stereocenters. The first kappa shape index (κ1) is 21.6. The van der Waals surface area contributed by atoms with E-state index < -0.39 is 10.0 Å². The number of carbonyl (C=O) groups excluding carboxylic acids is 1. The number of para-hydroxylation sites is 1. The number of sulfonamides is 1. The lowest BCUT2D eigenvalue weighted by molar-refractivity contribution is -0.0586. The highest BCUT2D eigenvalue weighted by Gasteiger charge is 2.30. The molecule has 2 unspecified atom stereocenters. The maximum absolute atomic E-state index is 13.3. The predicted molar refractivity (Wildman–Crippen MR) is 114 cm³/mol. The van der Waals surface area contributed by atoms with E-state index in [1.54, 1.807) is 36.1 Å². The average Bonchev–Trinajstić information content (AvgIpc) is 2.68. The van der Waals surface area contributed by atoms with Gasteiger partial charge in [-0.2, -0.15) is 0 Å². The average molecular weight is 437 g/mol. The Bertz CT molecular complexity index is 971. The first-order valence-electron chi connectivity index (χ1n) is 9.56. The molecule has 0 saturated carbocycles. The molecule has 156 valence electrons. The van der Waals surface area contributed by atoms with Gasteiger partial charge in [-0.05, 0) is 51.1 Å². The van der Waals surface area contributed by atoms with Crippen LogP contribution < -0.4 is 4.31 Å². The van der Waals surface area contributed by atoms with E-state index in [4.69, 9.17) is 16.3 Å². The molecule has 1 fully saturated rings. The number of rotatable bonds is 5. The van der Waals surface area contributed by atoms with Crippen molar-refractivity contribution in [3.8, 4) is 0 Å². The van der Waals surface area contributed by atoms with E-state index in [0.717, 1.165) is 0 Å². The third kappa shape index (κ3) is 4.57. The molecule has 29 heavy (non-hydrogen) atoms. The van der Waals surface area contributed by atoms with Crippen LogP contribution in [-0.4, -0.2) is 51.1 Å². The number of nitrogens with zero attached hydrogens (tertiary/aromatic N) is 2. The van der Waals surface area contributed by atoms with Crippen LogP contribution in [0.5, 0.6) is 0 Å². The lowest BCUT2D eigenvalue weighted by Gasteiger charge is -2.35. The summed E-state index contributed by atoms with van der Waals surface area (Å²) in [6.07, 6.45) is -0.191. The normalized spacial score (nSPS) is 19.8. The fourth-order valence-corrected chi connectivity index (χ4v) is 5.25. The molecule has 0 radical (unpaired) electrons. The highest BCUT2D eigenvalue weighted by Crippen LogP contribution is 2.28. The van der Waals surface area contributed by atoms with Crippen LogP contribution in [0.25, 0.3) is 0 Å². The minimum Gasteiger partial charge on any atom is -0.372 e. The van der Waals surface area contributed by atoms with Crippen molar-refractivity contribution in [3.63, 3.8) is 0 Å². The number of halogens is 1. The van der Waals surface area contributed by atoms with Gasteiger partial charge in [-0.15, -0.1) is 0 Å². The van der Waals surface area contributed by atoms with Crippen molar-refractivity contribution in [3.05, 3.63) is 59.1 Å². The van der Waals surface area contributed by atoms with E-state index in [1.165, 1.54) is 22.5 Å². The Labute approximate surface area is 177 Å². The second kappa shape index (κ2) is 8.73. The first-order chi connectivity index (χ1) is 13.7. The molecule has 0 N–H and O–H groups in total. The highest BCUT2D eigenvalue weighted by molar-refractivity contribution is 7.92. The number of morpholine rings is 1. The molecule has 0 spiro atoms. The summed E-state index contributed by atoms with van der Waals surface area (Å²) >= 11 is 6.28. The van der Waals surface area contributed by atoms with Crippen molar-refractivity contribution < 1.29 is 17.9 Å². The Morgan fingerprint density at radius 3 is 2.34 bits per heavy atom. The summed E-state index contributed by atoms with van der Waals surface area (Å²) in [6.45, 7) is 6.69. The van der Waals surface area contributed by atoms with Gasteiger partial charge < -0.3 is 9.64 Å². The molecule has 0 aromatic heterocycles. The Morgan fingerprint density at radius 1 is 1.14 bits per heavy atom. The second-order valence-electron chi connectivity index (χ2n) is 7.11. The van der Waals surface area contributed by atoms with Gasteiger partial charge in [0.1, 0.15) is 0 Å². The molecule has 1 amide bonds. The van der Waals surface area contributed by atoms with Gasteiger partial charge >= 0.3 is 0 Å². The summed E-state index contributed by atoms with van der Waals surface area (Å²) in [4.78, 5) is 14.8. The van der Waals surface area contributed by atoms with Gasteiger partial charge in [0.05, 0.1) is 33.4 Å². The van der Waals surface area contributed by atoms with Crippen LogP contribution in [0.3, 0.4) is 0 Å². The van der Waals surface area contributed by atoms with Gasteiger partial charge in [0.15, 0.2) is 0 Å². The van der Waals surface area contributed by atoms with Gasteiger partial charge in [-0.3, -0.25) is 9.10 Å². The van der Waals surface area contributed by atoms with Gasteiger partial charge in [0.2, 0.25) is 0 Å². The van der Waals surface area contributed by atoms with Crippen LogP contribution in [0.15, 0.2) is 53.4 Å². The van der Waals surface area contributed by atoms with Crippen LogP contribution in [0, 0.1) is 0 Å². The maximum atomic E-state index is 13.3. The lowest BCUT2D eigenvalue weighted by Crippen LogP contribution is -2.48. The second-order valence-corrected chi connectivity index (χ2v) is 9.38. The molecule has 2 aromatic rings. The van der Waals surface area contributed by atoms with Crippen LogP contribution in [-0.2, 0) is 14.8 Å². The quantitative estimate of drug-likeness (QED) is 0.714. The molecule has 1 heterocycles. The molecule has 2 aromatic carbocycles. The minimum atomic E-state index is -3.85. The molecule has 1 aliphatic rings. The monoisotopic (exact) mass is 436 g/mol. The Kier molecular flexibility index (Phi) is 6.51. The van der Waals surface area contributed by atoms with E-state index >= 15 is 0 Å². The summed E-state index contributed by atoms with van der Waals surface area (Å²) < 4.78 is 33.5. The zero-order valence-electron chi connectivity index (χ0n) is 16.7. The van der Waals surface area contributed by atoms with E-state index in [-0.39, 0.29) is 40.1 Å². The lowest BCUT2D eigenvalue weighted by atomic mass is 10.1. The Morgan fingerprint density at radius 2 is 1.76 bits per heavy atom. The van der Waals surface area contributed by atoms with Gasteiger partial charge in [0.25, 0.3) is 15.9 Å². The number of hydrogen-bond acceptors (Lipinski definition) is 4. The molecule has 0 bridgehead atoms. The smallest absolute Gasteiger partial charge is 0.264 e. The molecule has 3 rings (SSSR count). The summed E-state index contributed by atoms with van der Waals surface area (Å²) in [5.74, 6) is -0.295. The van der Waals surface area contributed by atoms with E-state index in [1.807, 2.05) is 19.9 Å². The largest absolute Gasteiger partial charge is 0.372 e. The third-order valence-corrected chi connectivity index (χ3v) is 7.02. The van der Waals surface area contributed by atoms with Gasteiger partial charge in [-0.25, -0.2) is 8.42 Å². The zero-order valence-corrected chi connectivity index (χ0v) is 18.3. The molecule has 1 saturated heterocycles. The van der Waals surface area contributed by atoms with Crippen molar-refractivity contribution in [2.24, 2.45) is 0 Å².